The molecule has 68 valence electrons. The van der Waals surface area contributed by atoms with Gasteiger partial charge in [0.05, 0.1) is 26.4 Å². The maximum absolute atomic E-state index is 10.8. The predicted molar refractivity (Wildman–Crippen MR) is 41.9 cm³/mol. The van der Waals surface area contributed by atoms with Gasteiger partial charge in [0.25, 0.3) is 0 Å². The van der Waals surface area contributed by atoms with Crippen molar-refractivity contribution in [2.24, 2.45) is 5.41 Å². The first kappa shape index (κ1) is 9.22. The van der Waals surface area contributed by atoms with Crippen LogP contribution in [0.25, 0.3) is 0 Å². The van der Waals surface area contributed by atoms with Gasteiger partial charge < -0.3 is 14.6 Å². The van der Waals surface area contributed by atoms with E-state index in [1.54, 1.807) is 0 Å². The first-order chi connectivity index (χ1) is 5.71. The lowest BCUT2D eigenvalue weighted by Gasteiger charge is -2.21. The predicted octanol–water partition coefficient (Wildman–Crippen LogP) is 0.290. The van der Waals surface area contributed by atoms with Crippen molar-refractivity contribution in [3.8, 4) is 0 Å². The van der Waals surface area contributed by atoms with Gasteiger partial charge in [0.2, 0.25) is 0 Å². The van der Waals surface area contributed by atoms with Crippen LogP contribution in [0.1, 0.15) is 0 Å². The third-order valence-electron chi connectivity index (χ3n) is 1.91. The maximum atomic E-state index is 10.8. The van der Waals surface area contributed by atoms with Gasteiger partial charge in [-0.05, 0) is 0 Å². The smallest absolute Gasteiger partial charge is 0.318 e. The Morgan fingerprint density at radius 3 is 2.25 bits per heavy atom. The molecule has 1 aliphatic heterocycles. The summed E-state index contributed by atoms with van der Waals surface area (Å²) in [6.07, 6.45) is 1.38. The molecular weight excluding hydrogens is 160 g/mol. The molecule has 0 spiro atoms. The summed E-state index contributed by atoms with van der Waals surface area (Å²) in [5, 5.41) is 8.88. The molecular formula is C8H12O4. The molecule has 1 rings (SSSR count). The van der Waals surface area contributed by atoms with Crippen molar-refractivity contribution in [3.05, 3.63) is 12.7 Å². The Morgan fingerprint density at radius 2 is 1.92 bits per heavy atom. The van der Waals surface area contributed by atoms with Crippen LogP contribution in [0.2, 0.25) is 0 Å². The van der Waals surface area contributed by atoms with E-state index in [1.807, 2.05) is 0 Å². The minimum atomic E-state index is -1.06. The van der Waals surface area contributed by atoms with Crippen LogP contribution in [-0.4, -0.2) is 37.5 Å². The Kier molecular flexibility index (Phi) is 2.83. The summed E-state index contributed by atoms with van der Waals surface area (Å²) >= 11 is 0. The quantitative estimate of drug-likeness (QED) is 0.608. The fourth-order valence-electron chi connectivity index (χ4n) is 0.997. The molecule has 0 atom stereocenters. The van der Waals surface area contributed by atoms with Crippen molar-refractivity contribution in [2.75, 3.05) is 26.4 Å². The summed E-state index contributed by atoms with van der Waals surface area (Å²) in [5.74, 6) is -0.945. The van der Waals surface area contributed by atoms with Gasteiger partial charge in [-0.1, -0.05) is 6.08 Å². The molecule has 0 saturated carbocycles. The van der Waals surface area contributed by atoms with Crippen LogP contribution in [-0.2, 0) is 14.3 Å². The van der Waals surface area contributed by atoms with E-state index in [4.69, 9.17) is 14.6 Å². The molecule has 12 heavy (non-hydrogen) atoms. The van der Waals surface area contributed by atoms with Crippen molar-refractivity contribution in [3.63, 3.8) is 0 Å². The lowest BCUT2D eigenvalue weighted by molar-refractivity contribution is -0.150. The molecule has 1 aliphatic rings. The van der Waals surface area contributed by atoms with Gasteiger partial charge in [-0.2, -0.15) is 0 Å². The summed E-state index contributed by atoms with van der Waals surface area (Å²) in [6, 6.07) is 0. The number of aliphatic carboxylic acids is 1. The summed E-state index contributed by atoms with van der Waals surface area (Å²) in [4.78, 5) is 10.8. The maximum Gasteiger partial charge on any atom is 0.318 e. The van der Waals surface area contributed by atoms with E-state index in [2.05, 4.69) is 6.58 Å². The molecule has 0 aromatic heterocycles. The Balaban J connectivity index is 2.74. The topological polar surface area (TPSA) is 55.8 Å². The molecule has 4 nitrogen and oxygen atoms in total. The fourth-order valence-corrected chi connectivity index (χ4v) is 0.997. The monoisotopic (exact) mass is 172 g/mol. The fraction of sp³-hybridized carbons (Fsp3) is 0.625. The molecule has 0 unspecified atom stereocenters. The first-order valence-corrected chi connectivity index (χ1v) is 3.74. The minimum absolute atomic E-state index is 0.145. The van der Waals surface area contributed by atoms with E-state index in [9.17, 15) is 4.79 Å². The molecule has 0 radical (unpaired) electrons. The third-order valence-corrected chi connectivity index (χ3v) is 1.91. The number of hydrogen-bond acceptors (Lipinski definition) is 3. The molecule has 1 fully saturated rings. The highest BCUT2D eigenvalue weighted by Crippen LogP contribution is 2.22. The molecule has 0 aliphatic carbocycles. The SMILES string of the molecule is C=CC1(C(=O)O)COCCOC1. The summed E-state index contributed by atoms with van der Waals surface area (Å²) < 4.78 is 10.2. The Morgan fingerprint density at radius 1 is 1.42 bits per heavy atom. The highest BCUT2D eigenvalue weighted by molar-refractivity contribution is 5.77. The Labute approximate surface area is 70.8 Å². The van der Waals surface area contributed by atoms with Crippen LogP contribution in [0.15, 0.2) is 12.7 Å². The number of rotatable bonds is 2. The molecule has 0 bridgehead atoms. The Bertz CT molecular complexity index is 179. The number of ether oxygens (including phenoxy) is 2. The summed E-state index contributed by atoms with van der Waals surface area (Å²) in [6.45, 7) is 4.66. The second-order valence-corrected chi connectivity index (χ2v) is 2.77. The lowest BCUT2D eigenvalue weighted by Crippen LogP contribution is -2.36. The molecule has 1 saturated heterocycles. The number of hydrogen-bond donors (Lipinski definition) is 1. The normalized spacial score (nSPS) is 22.7. The molecule has 1 N–H and O–H groups in total. The van der Waals surface area contributed by atoms with Crippen LogP contribution < -0.4 is 0 Å². The molecule has 0 aromatic rings. The Hall–Kier alpha value is -0.870. The number of carbonyl (C=O) groups is 1. The number of carboxylic acid groups (broad SMARTS) is 1. The van der Waals surface area contributed by atoms with E-state index in [0.717, 1.165) is 0 Å². The highest BCUT2D eigenvalue weighted by Gasteiger charge is 2.37. The van der Waals surface area contributed by atoms with Gasteiger partial charge in [-0.25, -0.2) is 0 Å². The zero-order chi connectivity index (χ0) is 9.03. The standard InChI is InChI=1S/C8H12O4/c1-2-8(7(9)10)5-11-3-4-12-6-8/h2H,1,3-6H2,(H,9,10). The van der Waals surface area contributed by atoms with Crippen LogP contribution in [0.5, 0.6) is 0 Å². The second kappa shape index (κ2) is 3.69. The van der Waals surface area contributed by atoms with Gasteiger partial charge in [0.1, 0.15) is 5.41 Å². The second-order valence-electron chi connectivity index (χ2n) is 2.77. The molecule has 1 heterocycles. The van der Waals surface area contributed by atoms with Gasteiger partial charge in [-0.15, -0.1) is 6.58 Å². The average molecular weight is 172 g/mol. The molecule has 4 heteroatoms. The van der Waals surface area contributed by atoms with Gasteiger partial charge in [0, 0.05) is 0 Å². The van der Waals surface area contributed by atoms with Crippen molar-refractivity contribution >= 4 is 5.97 Å². The highest BCUT2D eigenvalue weighted by atomic mass is 16.5. The van der Waals surface area contributed by atoms with E-state index in [0.29, 0.717) is 13.2 Å². The third kappa shape index (κ3) is 1.65. The van der Waals surface area contributed by atoms with Crippen LogP contribution in [0.3, 0.4) is 0 Å². The van der Waals surface area contributed by atoms with Gasteiger partial charge in [0.15, 0.2) is 0 Å². The molecule has 0 aromatic carbocycles. The van der Waals surface area contributed by atoms with Crippen LogP contribution in [0, 0.1) is 5.41 Å². The van der Waals surface area contributed by atoms with Crippen molar-refractivity contribution < 1.29 is 19.4 Å². The summed E-state index contributed by atoms with van der Waals surface area (Å²) in [7, 11) is 0. The van der Waals surface area contributed by atoms with Crippen molar-refractivity contribution in [2.45, 2.75) is 0 Å². The van der Waals surface area contributed by atoms with Crippen molar-refractivity contribution in [1.29, 1.82) is 0 Å². The van der Waals surface area contributed by atoms with E-state index < -0.39 is 11.4 Å². The molecule has 0 amide bonds. The van der Waals surface area contributed by atoms with E-state index in [1.165, 1.54) is 6.08 Å². The zero-order valence-electron chi connectivity index (χ0n) is 6.78. The van der Waals surface area contributed by atoms with Crippen LogP contribution in [0.4, 0.5) is 0 Å². The minimum Gasteiger partial charge on any atom is -0.480 e. The van der Waals surface area contributed by atoms with Gasteiger partial charge in [-0.3, -0.25) is 4.79 Å². The lowest BCUT2D eigenvalue weighted by atomic mass is 9.91. The van der Waals surface area contributed by atoms with Crippen LogP contribution >= 0.6 is 0 Å². The average Bonchev–Trinajstić information content (AvgIpc) is 2.29. The first-order valence-electron chi connectivity index (χ1n) is 3.74. The van der Waals surface area contributed by atoms with E-state index in [-0.39, 0.29) is 13.2 Å². The largest absolute Gasteiger partial charge is 0.480 e. The van der Waals surface area contributed by atoms with Gasteiger partial charge >= 0.3 is 5.97 Å². The van der Waals surface area contributed by atoms with Crippen molar-refractivity contribution in [1.82, 2.24) is 0 Å². The number of carboxylic acids is 1. The van der Waals surface area contributed by atoms with E-state index >= 15 is 0 Å². The summed E-state index contributed by atoms with van der Waals surface area (Å²) in [5.41, 5.74) is -1.06. The zero-order valence-corrected chi connectivity index (χ0v) is 6.78.